The molecule has 1 aromatic rings. The van der Waals surface area contributed by atoms with Gasteiger partial charge in [0.05, 0.1) is 18.1 Å². The molecule has 1 atom stereocenters. The fourth-order valence-electron chi connectivity index (χ4n) is 2.66. The van der Waals surface area contributed by atoms with Crippen molar-refractivity contribution in [2.45, 2.75) is 31.8 Å². The molecule has 3 nitrogen and oxygen atoms in total. The molecule has 1 aliphatic carbocycles. The summed E-state index contributed by atoms with van der Waals surface area (Å²) >= 11 is 0. The molecule has 0 radical (unpaired) electrons. The molecule has 3 heteroatoms. The minimum atomic E-state index is -0.663. The summed E-state index contributed by atoms with van der Waals surface area (Å²) in [4.78, 5) is 11.2. The standard InChI is InChI=1S/C14H16O3/c15-13(16)14(6-7-14)9-12-11-4-2-1-3-10(11)5-8-17-12/h1-4,12H,5-9H2,(H,15,16). The number of benzene rings is 1. The number of carboxylic acid groups (broad SMARTS) is 1. The highest BCUT2D eigenvalue weighted by Gasteiger charge is 2.52. The number of rotatable bonds is 3. The first-order valence-corrected chi connectivity index (χ1v) is 6.14. The largest absolute Gasteiger partial charge is 0.481 e. The van der Waals surface area contributed by atoms with Crippen molar-refractivity contribution in [3.63, 3.8) is 0 Å². The van der Waals surface area contributed by atoms with Crippen molar-refractivity contribution in [2.24, 2.45) is 5.41 Å². The first kappa shape index (κ1) is 10.8. The van der Waals surface area contributed by atoms with E-state index in [1.807, 2.05) is 12.1 Å². The van der Waals surface area contributed by atoms with Crippen LogP contribution in [0.4, 0.5) is 0 Å². The molecule has 17 heavy (non-hydrogen) atoms. The molecule has 0 bridgehead atoms. The first-order chi connectivity index (χ1) is 8.21. The summed E-state index contributed by atoms with van der Waals surface area (Å²) in [6, 6.07) is 8.22. The highest BCUT2D eigenvalue weighted by atomic mass is 16.5. The van der Waals surface area contributed by atoms with Crippen LogP contribution >= 0.6 is 0 Å². The van der Waals surface area contributed by atoms with Gasteiger partial charge in [-0.05, 0) is 36.8 Å². The fourth-order valence-corrected chi connectivity index (χ4v) is 2.66. The van der Waals surface area contributed by atoms with Crippen LogP contribution in [-0.4, -0.2) is 17.7 Å². The minimum Gasteiger partial charge on any atom is -0.481 e. The Morgan fingerprint density at radius 3 is 2.88 bits per heavy atom. The molecule has 1 aromatic carbocycles. The third kappa shape index (κ3) is 1.84. The third-order valence-electron chi connectivity index (χ3n) is 3.98. The average Bonchev–Trinajstić information content (AvgIpc) is 3.11. The second-order valence-electron chi connectivity index (χ2n) is 5.10. The van der Waals surface area contributed by atoms with Crippen molar-refractivity contribution in [2.75, 3.05) is 6.61 Å². The van der Waals surface area contributed by atoms with Gasteiger partial charge in [-0.2, -0.15) is 0 Å². The molecule has 0 aromatic heterocycles. The fraction of sp³-hybridized carbons (Fsp3) is 0.500. The number of hydrogen-bond acceptors (Lipinski definition) is 2. The number of ether oxygens (including phenoxy) is 1. The smallest absolute Gasteiger partial charge is 0.309 e. The number of fused-ring (bicyclic) bond motifs is 1. The van der Waals surface area contributed by atoms with Gasteiger partial charge in [0.25, 0.3) is 0 Å². The summed E-state index contributed by atoms with van der Waals surface area (Å²) in [7, 11) is 0. The molecule has 0 amide bonds. The average molecular weight is 232 g/mol. The van der Waals surface area contributed by atoms with Gasteiger partial charge in [-0.15, -0.1) is 0 Å². The van der Waals surface area contributed by atoms with E-state index >= 15 is 0 Å². The second-order valence-corrected chi connectivity index (χ2v) is 5.10. The lowest BCUT2D eigenvalue weighted by Crippen LogP contribution is -2.23. The summed E-state index contributed by atoms with van der Waals surface area (Å²) < 4.78 is 5.77. The first-order valence-electron chi connectivity index (χ1n) is 6.14. The van der Waals surface area contributed by atoms with Crippen molar-refractivity contribution >= 4 is 5.97 Å². The lowest BCUT2D eigenvalue weighted by Gasteiger charge is -2.28. The Morgan fingerprint density at radius 2 is 2.18 bits per heavy atom. The van der Waals surface area contributed by atoms with Crippen LogP contribution in [0.1, 0.15) is 36.5 Å². The van der Waals surface area contributed by atoms with E-state index in [1.54, 1.807) is 0 Å². The maximum absolute atomic E-state index is 11.2. The van der Waals surface area contributed by atoms with Gasteiger partial charge in [0.1, 0.15) is 0 Å². The molecule has 2 aliphatic rings. The Kier molecular flexibility index (Phi) is 2.44. The van der Waals surface area contributed by atoms with Gasteiger partial charge in [-0.25, -0.2) is 0 Å². The molecule has 3 rings (SSSR count). The van der Waals surface area contributed by atoms with E-state index in [0.29, 0.717) is 13.0 Å². The van der Waals surface area contributed by atoms with E-state index in [2.05, 4.69) is 12.1 Å². The lowest BCUT2D eigenvalue weighted by atomic mass is 9.89. The summed E-state index contributed by atoms with van der Waals surface area (Å²) in [5, 5.41) is 9.23. The zero-order valence-corrected chi connectivity index (χ0v) is 9.69. The Morgan fingerprint density at radius 1 is 1.41 bits per heavy atom. The van der Waals surface area contributed by atoms with Gasteiger partial charge >= 0.3 is 5.97 Å². The SMILES string of the molecule is O=C(O)C1(CC2OCCc3ccccc32)CC1. The highest BCUT2D eigenvalue weighted by Crippen LogP contribution is 2.53. The van der Waals surface area contributed by atoms with E-state index < -0.39 is 11.4 Å². The Labute approximate surface area is 100 Å². The van der Waals surface area contributed by atoms with Gasteiger partial charge in [0.15, 0.2) is 0 Å². The Balaban J connectivity index is 1.84. The van der Waals surface area contributed by atoms with E-state index in [1.165, 1.54) is 11.1 Å². The minimum absolute atomic E-state index is 0.0291. The zero-order chi connectivity index (χ0) is 11.9. The van der Waals surface area contributed by atoms with Crippen molar-refractivity contribution in [1.82, 2.24) is 0 Å². The van der Waals surface area contributed by atoms with Crippen LogP contribution in [0.3, 0.4) is 0 Å². The van der Waals surface area contributed by atoms with Crippen LogP contribution < -0.4 is 0 Å². The number of carbonyl (C=O) groups is 1. The summed E-state index contributed by atoms with van der Waals surface area (Å²) in [6.45, 7) is 0.706. The molecule has 1 heterocycles. The zero-order valence-electron chi connectivity index (χ0n) is 9.69. The third-order valence-corrected chi connectivity index (χ3v) is 3.98. The van der Waals surface area contributed by atoms with Crippen molar-refractivity contribution in [3.05, 3.63) is 35.4 Å². The monoisotopic (exact) mass is 232 g/mol. The predicted molar refractivity (Wildman–Crippen MR) is 62.8 cm³/mol. The number of hydrogen-bond donors (Lipinski definition) is 1. The van der Waals surface area contributed by atoms with Crippen LogP contribution in [0, 0.1) is 5.41 Å². The maximum Gasteiger partial charge on any atom is 0.309 e. The molecular weight excluding hydrogens is 216 g/mol. The summed E-state index contributed by atoms with van der Waals surface area (Å²) in [6.07, 6.45) is 3.12. The summed E-state index contributed by atoms with van der Waals surface area (Å²) in [5.74, 6) is -0.663. The van der Waals surface area contributed by atoms with Crippen LogP contribution in [0.15, 0.2) is 24.3 Å². The van der Waals surface area contributed by atoms with Crippen molar-refractivity contribution in [3.8, 4) is 0 Å². The molecule has 1 fully saturated rings. The highest BCUT2D eigenvalue weighted by molar-refractivity contribution is 5.77. The topological polar surface area (TPSA) is 46.5 Å². The van der Waals surface area contributed by atoms with E-state index in [-0.39, 0.29) is 6.10 Å². The Hall–Kier alpha value is -1.35. The van der Waals surface area contributed by atoms with Gasteiger partial charge in [-0.1, -0.05) is 24.3 Å². The molecule has 0 spiro atoms. The summed E-state index contributed by atoms with van der Waals surface area (Å²) in [5.41, 5.74) is 1.99. The molecule has 90 valence electrons. The normalized spacial score (nSPS) is 25.1. The molecule has 0 saturated heterocycles. The number of carboxylic acids is 1. The quantitative estimate of drug-likeness (QED) is 0.871. The maximum atomic E-state index is 11.2. The molecule has 1 N–H and O–H groups in total. The molecule has 1 aliphatic heterocycles. The van der Waals surface area contributed by atoms with Crippen molar-refractivity contribution < 1.29 is 14.6 Å². The van der Waals surface area contributed by atoms with Gasteiger partial charge in [0.2, 0.25) is 0 Å². The van der Waals surface area contributed by atoms with Gasteiger partial charge < -0.3 is 9.84 Å². The Bertz CT molecular complexity index is 449. The second kappa shape index (κ2) is 3.84. The van der Waals surface area contributed by atoms with Crippen LogP contribution in [-0.2, 0) is 16.0 Å². The van der Waals surface area contributed by atoms with Crippen LogP contribution in [0.5, 0.6) is 0 Å². The van der Waals surface area contributed by atoms with E-state index in [0.717, 1.165) is 19.3 Å². The van der Waals surface area contributed by atoms with Crippen LogP contribution in [0.25, 0.3) is 0 Å². The molecule has 1 unspecified atom stereocenters. The molecule has 1 saturated carbocycles. The van der Waals surface area contributed by atoms with E-state index in [9.17, 15) is 9.90 Å². The van der Waals surface area contributed by atoms with Crippen molar-refractivity contribution in [1.29, 1.82) is 0 Å². The van der Waals surface area contributed by atoms with Gasteiger partial charge in [0, 0.05) is 0 Å². The van der Waals surface area contributed by atoms with E-state index in [4.69, 9.17) is 4.74 Å². The van der Waals surface area contributed by atoms with Gasteiger partial charge in [-0.3, -0.25) is 4.79 Å². The molecular formula is C14H16O3. The van der Waals surface area contributed by atoms with Crippen LogP contribution in [0.2, 0.25) is 0 Å². The number of aliphatic carboxylic acids is 1. The predicted octanol–water partition coefficient (Wildman–Crippen LogP) is 2.56. The lowest BCUT2D eigenvalue weighted by molar-refractivity contribution is -0.145.